The monoisotopic (exact) mass is 390 g/mol. The molecule has 0 aliphatic carbocycles. The number of carbonyl (C=O) groups is 2. The number of hydrogen-bond acceptors (Lipinski definition) is 4. The highest BCUT2D eigenvalue weighted by Crippen LogP contribution is 2.34. The number of aromatic carboxylic acids is 1. The molecule has 0 fully saturated rings. The molecule has 1 aromatic carbocycles. The van der Waals surface area contributed by atoms with Crippen LogP contribution in [-0.2, 0) is 11.0 Å². The van der Waals surface area contributed by atoms with Gasteiger partial charge in [-0.3, -0.25) is 4.79 Å². The number of thioether (sulfide) groups is 1. The summed E-state index contributed by atoms with van der Waals surface area (Å²) in [7, 11) is 0. The van der Waals surface area contributed by atoms with E-state index >= 15 is 0 Å². The fourth-order valence-electron chi connectivity index (χ4n) is 1.79. The number of carboxylic acid groups (broad SMARTS) is 1. The maximum absolute atomic E-state index is 12.7. The minimum Gasteiger partial charge on any atom is -0.478 e. The average molecular weight is 391 g/mol. The van der Waals surface area contributed by atoms with Gasteiger partial charge in [-0.05, 0) is 30.3 Å². The van der Waals surface area contributed by atoms with E-state index in [2.05, 4.69) is 10.3 Å². The number of aromatic nitrogens is 1. The first-order valence-electron chi connectivity index (χ1n) is 6.66. The van der Waals surface area contributed by atoms with Gasteiger partial charge < -0.3 is 10.4 Å². The SMILES string of the molecule is O=C(CSc1ncccc1C(=O)O)Nc1cc(C(F)(F)F)ccc1Cl. The van der Waals surface area contributed by atoms with Crippen molar-refractivity contribution in [3.05, 3.63) is 52.7 Å². The number of pyridine rings is 1. The number of rotatable bonds is 5. The van der Waals surface area contributed by atoms with Crippen LogP contribution in [0.15, 0.2) is 41.6 Å². The van der Waals surface area contributed by atoms with Crippen molar-refractivity contribution in [1.82, 2.24) is 4.98 Å². The highest BCUT2D eigenvalue weighted by Gasteiger charge is 2.31. The zero-order chi connectivity index (χ0) is 18.6. The van der Waals surface area contributed by atoms with Crippen LogP contribution in [0.1, 0.15) is 15.9 Å². The molecule has 2 aromatic rings. The number of nitrogens with zero attached hydrogens (tertiary/aromatic N) is 1. The third kappa shape index (κ3) is 5.10. The van der Waals surface area contributed by atoms with Gasteiger partial charge in [0.15, 0.2) is 0 Å². The number of alkyl halides is 3. The molecule has 0 saturated carbocycles. The van der Waals surface area contributed by atoms with Crippen LogP contribution in [0.25, 0.3) is 0 Å². The number of carboxylic acids is 1. The first-order chi connectivity index (χ1) is 11.7. The molecule has 0 bridgehead atoms. The predicted molar refractivity (Wildman–Crippen MR) is 87.0 cm³/mol. The standard InChI is InChI=1S/C15H10ClF3N2O3S/c16-10-4-3-8(15(17,18)19)6-11(10)21-12(22)7-25-13-9(14(23)24)2-1-5-20-13/h1-6H,7H2,(H,21,22)(H,23,24). The van der Waals surface area contributed by atoms with Gasteiger partial charge in [0.2, 0.25) is 5.91 Å². The molecule has 132 valence electrons. The van der Waals surface area contributed by atoms with Crippen LogP contribution in [0.5, 0.6) is 0 Å². The van der Waals surface area contributed by atoms with E-state index < -0.39 is 23.6 Å². The van der Waals surface area contributed by atoms with Crippen LogP contribution in [0.2, 0.25) is 5.02 Å². The molecule has 25 heavy (non-hydrogen) atoms. The van der Waals surface area contributed by atoms with Crippen molar-refractivity contribution in [2.24, 2.45) is 0 Å². The van der Waals surface area contributed by atoms with Crippen molar-refractivity contribution >= 4 is 40.9 Å². The predicted octanol–water partition coefficient (Wildman–Crippen LogP) is 4.18. The fraction of sp³-hybridized carbons (Fsp3) is 0.133. The number of halogens is 4. The van der Waals surface area contributed by atoms with E-state index in [1.807, 2.05) is 0 Å². The molecule has 2 rings (SSSR count). The molecule has 0 radical (unpaired) electrons. The van der Waals surface area contributed by atoms with E-state index in [1.54, 1.807) is 0 Å². The zero-order valence-electron chi connectivity index (χ0n) is 12.3. The Morgan fingerprint density at radius 1 is 1.28 bits per heavy atom. The Morgan fingerprint density at radius 2 is 2.00 bits per heavy atom. The van der Waals surface area contributed by atoms with Gasteiger partial charge >= 0.3 is 12.1 Å². The summed E-state index contributed by atoms with van der Waals surface area (Å²) in [5, 5.41) is 11.4. The highest BCUT2D eigenvalue weighted by atomic mass is 35.5. The number of carbonyl (C=O) groups excluding carboxylic acids is 1. The zero-order valence-corrected chi connectivity index (χ0v) is 13.9. The third-order valence-electron chi connectivity index (χ3n) is 2.91. The molecular formula is C15H10ClF3N2O3S. The van der Waals surface area contributed by atoms with Crippen LogP contribution in [0.3, 0.4) is 0 Å². The minimum absolute atomic E-state index is 0.0459. The number of hydrogen-bond donors (Lipinski definition) is 2. The van der Waals surface area contributed by atoms with Crippen LogP contribution in [0.4, 0.5) is 18.9 Å². The lowest BCUT2D eigenvalue weighted by molar-refractivity contribution is -0.137. The van der Waals surface area contributed by atoms with Gasteiger partial charge in [-0.15, -0.1) is 0 Å². The summed E-state index contributed by atoms with van der Waals surface area (Å²) in [4.78, 5) is 26.9. The molecule has 5 nitrogen and oxygen atoms in total. The molecule has 0 aliphatic heterocycles. The quantitative estimate of drug-likeness (QED) is 0.748. The molecule has 1 amide bonds. The normalized spacial score (nSPS) is 11.2. The molecule has 10 heteroatoms. The molecular weight excluding hydrogens is 381 g/mol. The van der Waals surface area contributed by atoms with Gasteiger partial charge in [0.1, 0.15) is 5.03 Å². The van der Waals surface area contributed by atoms with Crippen molar-refractivity contribution in [3.8, 4) is 0 Å². The van der Waals surface area contributed by atoms with Crippen LogP contribution in [0, 0.1) is 0 Å². The Bertz CT molecular complexity index is 815. The number of anilines is 1. The Balaban J connectivity index is 2.08. The third-order valence-corrected chi connectivity index (χ3v) is 4.24. The first-order valence-corrected chi connectivity index (χ1v) is 8.02. The summed E-state index contributed by atoms with van der Waals surface area (Å²) in [6.07, 6.45) is -3.19. The van der Waals surface area contributed by atoms with E-state index in [1.165, 1.54) is 18.3 Å². The molecule has 0 aliphatic rings. The van der Waals surface area contributed by atoms with E-state index in [9.17, 15) is 22.8 Å². The van der Waals surface area contributed by atoms with E-state index in [0.717, 1.165) is 30.0 Å². The molecule has 0 saturated heterocycles. The van der Waals surface area contributed by atoms with E-state index in [4.69, 9.17) is 16.7 Å². The second-order valence-electron chi connectivity index (χ2n) is 4.69. The topological polar surface area (TPSA) is 79.3 Å². The van der Waals surface area contributed by atoms with Crippen LogP contribution >= 0.6 is 23.4 Å². The maximum atomic E-state index is 12.7. The fourth-order valence-corrected chi connectivity index (χ4v) is 2.74. The Morgan fingerprint density at radius 3 is 2.64 bits per heavy atom. The van der Waals surface area contributed by atoms with Gasteiger partial charge in [-0.25, -0.2) is 9.78 Å². The molecule has 0 unspecified atom stereocenters. The first kappa shape index (κ1) is 19.1. The van der Waals surface area contributed by atoms with Gasteiger partial charge in [-0.2, -0.15) is 13.2 Å². The summed E-state index contributed by atoms with van der Waals surface area (Å²) < 4.78 is 38.1. The Hall–Kier alpha value is -2.26. The van der Waals surface area contributed by atoms with Crippen molar-refractivity contribution in [2.75, 3.05) is 11.1 Å². The summed E-state index contributed by atoms with van der Waals surface area (Å²) in [5.74, 6) is -2.09. The molecule has 2 N–H and O–H groups in total. The molecule has 1 heterocycles. The number of benzene rings is 1. The molecule has 0 atom stereocenters. The Labute approximate surface area is 149 Å². The largest absolute Gasteiger partial charge is 0.478 e. The Kier molecular flexibility index (Phi) is 5.91. The van der Waals surface area contributed by atoms with Gasteiger partial charge in [0.25, 0.3) is 0 Å². The smallest absolute Gasteiger partial charge is 0.416 e. The second kappa shape index (κ2) is 7.75. The van der Waals surface area contributed by atoms with Crippen LogP contribution < -0.4 is 5.32 Å². The number of nitrogens with one attached hydrogen (secondary N) is 1. The van der Waals surface area contributed by atoms with Crippen molar-refractivity contribution in [3.63, 3.8) is 0 Å². The lowest BCUT2D eigenvalue weighted by Crippen LogP contribution is -2.16. The molecule has 1 aromatic heterocycles. The second-order valence-corrected chi connectivity index (χ2v) is 6.06. The summed E-state index contributed by atoms with van der Waals surface area (Å²) in [5.41, 5.74) is -1.20. The lowest BCUT2D eigenvalue weighted by Gasteiger charge is -2.11. The number of amides is 1. The van der Waals surface area contributed by atoms with Gasteiger partial charge in [0, 0.05) is 6.20 Å². The lowest BCUT2D eigenvalue weighted by atomic mass is 10.2. The van der Waals surface area contributed by atoms with Crippen molar-refractivity contribution < 1.29 is 27.9 Å². The van der Waals surface area contributed by atoms with Crippen molar-refractivity contribution in [1.29, 1.82) is 0 Å². The van der Waals surface area contributed by atoms with Crippen molar-refractivity contribution in [2.45, 2.75) is 11.2 Å². The summed E-state index contributed by atoms with van der Waals surface area (Å²) >= 11 is 6.64. The summed E-state index contributed by atoms with van der Waals surface area (Å²) in [6.45, 7) is 0. The minimum atomic E-state index is -4.57. The maximum Gasteiger partial charge on any atom is 0.416 e. The van der Waals surface area contributed by atoms with E-state index in [0.29, 0.717) is 0 Å². The van der Waals surface area contributed by atoms with Crippen LogP contribution in [-0.4, -0.2) is 27.7 Å². The average Bonchev–Trinajstić information content (AvgIpc) is 2.54. The summed E-state index contributed by atoms with van der Waals surface area (Å²) in [6, 6.07) is 5.35. The van der Waals surface area contributed by atoms with Gasteiger partial charge in [0.05, 0.1) is 27.6 Å². The molecule has 0 spiro atoms. The van der Waals surface area contributed by atoms with E-state index in [-0.39, 0.29) is 27.1 Å². The van der Waals surface area contributed by atoms with Gasteiger partial charge in [-0.1, -0.05) is 23.4 Å². The highest BCUT2D eigenvalue weighted by molar-refractivity contribution is 8.00.